The van der Waals surface area contributed by atoms with Crippen LogP contribution in [0.1, 0.15) is 131 Å². The Balaban J connectivity index is 1.07. The number of hydrogen-bond donors (Lipinski definition) is 4. The molecule has 0 radical (unpaired) electrons. The van der Waals surface area contributed by atoms with Gasteiger partial charge in [0.25, 0.3) is 0 Å². The third-order valence-electron chi connectivity index (χ3n) is 17.2. The fourth-order valence-corrected chi connectivity index (χ4v) is 12.6. The number of aliphatic hydroxyl groups excluding tert-OH is 1. The number of rotatable bonds is 17. The number of carboxylic acids is 1. The fourth-order valence-electron chi connectivity index (χ4n) is 12.6. The van der Waals surface area contributed by atoms with Crippen molar-refractivity contribution in [2.45, 2.75) is 210 Å². The molecule has 1 aromatic heterocycles. The monoisotopic (exact) mass is 1120 g/mol. The molecule has 444 valence electrons. The highest BCUT2D eigenvalue weighted by Crippen LogP contribution is 2.43. The van der Waals surface area contributed by atoms with Crippen LogP contribution in [-0.2, 0) is 52.2 Å². The lowest BCUT2D eigenvalue weighted by atomic mass is 9.77. The summed E-state index contributed by atoms with van der Waals surface area (Å²) < 4.78 is 64.5. The molecule has 7 rings (SSSR count). The quantitative estimate of drug-likeness (QED) is 0.119. The van der Waals surface area contributed by atoms with Crippen LogP contribution >= 0.6 is 0 Å². The predicted octanol–water partition coefficient (Wildman–Crippen LogP) is 5.04. The minimum absolute atomic E-state index is 0.0106. The van der Waals surface area contributed by atoms with Gasteiger partial charge in [-0.1, -0.05) is 20.8 Å². The maximum atomic E-state index is 14.8. The zero-order chi connectivity index (χ0) is 58.1. The number of methoxy groups -OCH3 is 1. The molecule has 22 heteroatoms. The number of aromatic nitrogens is 1. The van der Waals surface area contributed by atoms with E-state index in [1.807, 2.05) is 77.1 Å². The highest BCUT2D eigenvalue weighted by atomic mass is 16.8. The largest absolute Gasteiger partial charge is 0.509 e. The number of aromatic carboxylic acids is 1. The molecule has 5 fully saturated rings. The number of cyclic esters (lactones) is 1. The molecule has 79 heavy (non-hydrogen) atoms. The number of amides is 1. The van der Waals surface area contributed by atoms with Gasteiger partial charge in [-0.25, -0.2) is 9.59 Å². The van der Waals surface area contributed by atoms with Gasteiger partial charge >= 0.3 is 18.1 Å². The summed E-state index contributed by atoms with van der Waals surface area (Å²) in [6.07, 6.45) is -4.84. The lowest BCUT2D eigenvalue weighted by Crippen LogP contribution is -2.64. The third kappa shape index (κ3) is 13.9. The van der Waals surface area contributed by atoms with Crippen LogP contribution in [0.25, 0.3) is 10.9 Å². The van der Waals surface area contributed by atoms with E-state index < -0.39 is 113 Å². The lowest BCUT2D eigenvalue weighted by molar-refractivity contribution is -0.311. The fraction of sp³-hybridized carbons (Fsp3) is 0.772. The first-order chi connectivity index (χ1) is 37.1. The average Bonchev–Trinajstić information content (AvgIpc) is 4.30. The molecule has 4 saturated heterocycles. The molecule has 1 aliphatic carbocycles. The number of pyridine rings is 1. The van der Waals surface area contributed by atoms with Crippen LogP contribution in [0.5, 0.6) is 5.75 Å². The van der Waals surface area contributed by atoms with Crippen LogP contribution in [0.15, 0.2) is 29.2 Å². The Morgan fingerprint density at radius 1 is 0.949 bits per heavy atom. The van der Waals surface area contributed by atoms with Crippen molar-refractivity contribution >= 4 is 34.9 Å². The molecule has 0 spiro atoms. The Morgan fingerprint density at radius 2 is 1.66 bits per heavy atom. The van der Waals surface area contributed by atoms with Crippen molar-refractivity contribution in [1.29, 1.82) is 0 Å². The van der Waals surface area contributed by atoms with Gasteiger partial charge < -0.3 is 77.5 Å². The summed E-state index contributed by atoms with van der Waals surface area (Å²) >= 11 is 0. The summed E-state index contributed by atoms with van der Waals surface area (Å²) in [6, 6.07) is 3.78. The van der Waals surface area contributed by atoms with Gasteiger partial charge in [0.15, 0.2) is 24.3 Å². The van der Waals surface area contributed by atoms with Crippen LogP contribution in [0.3, 0.4) is 0 Å². The number of nitrogens with zero attached hydrogens (tertiary/aromatic N) is 3. The SMILES string of the molecule is CC[C@H]1OC(=O)[C@H](C)[C@@H](O[C@H]2C[C@@](C)(OC)[C@H](NC(=O)CCOCCOc3ccc4c(c3)c(=O)c(C(=O)O)cn4C3CC3)[C@H](C)O2)[C@H](C)[C@@H](O[C@@H]2O[C@H](C)C[C@H](N(C)C)[C@H]2O)[C@](C)(O)C[C@@H](C)CN(C)[C@H](C)[C@H]2OC(=O)O[C@]21C. The smallest absolute Gasteiger partial charge is 0.491 e. The summed E-state index contributed by atoms with van der Waals surface area (Å²) in [5, 5.41) is 37.7. The molecular weight excluding hydrogens is 1030 g/mol. The van der Waals surface area contributed by atoms with Gasteiger partial charge in [0.2, 0.25) is 11.3 Å². The number of ether oxygens (including phenoxy) is 10. The van der Waals surface area contributed by atoms with E-state index >= 15 is 0 Å². The Hall–Kier alpha value is -4.49. The van der Waals surface area contributed by atoms with E-state index in [-0.39, 0.29) is 86.5 Å². The second kappa shape index (κ2) is 25.3. The third-order valence-corrected chi connectivity index (χ3v) is 17.2. The molecule has 4 N–H and O–H groups in total. The molecule has 5 aliphatic rings. The lowest BCUT2D eigenvalue weighted by Gasteiger charge is -2.49. The summed E-state index contributed by atoms with van der Waals surface area (Å²) in [7, 11) is 7.19. The highest BCUT2D eigenvalue weighted by molar-refractivity contribution is 5.93. The van der Waals surface area contributed by atoms with Gasteiger partial charge in [-0.3, -0.25) is 19.3 Å². The molecular formula is C57H88N4O18. The molecule has 4 aliphatic heterocycles. The standard InChI is InChI=1S/C57H88N4O18/c1-15-42-57(10)50(78-54(68)79-57)34(6)60(13)28-30(2)26-55(8,69)49(77-53-46(64)41(59(11)12)24-31(3)73-53)32(4)47(33(5)52(67)75-42)76-44-27-56(9,70-14)48(35(7)74-44)58-43(62)20-21-71-22-23-72-37-18-19-40-38(25-37)45(63)39(51(65)66)29-61(40)36-16-17-36/h18-19,25,29-36,41-42,44,46-50,53,64,69H,15-17,20-24,26-28H2,1-14H3,(H,58,62)(H,65,66)/t30-,31-,32+,33-,34-,35+,41+,42-,44+,46-,47+,48-,49-,50-,53+,55-,56-,57+/m1/s1. The number of hydrogen-bond acceptors (Lipinski definition) is 19. The van der Waals surface area contributed by atoms with Crippen LogP contribution in [0.4, 0.5) is 4.79 Å². The Bertz CT molecular complexity index is 2520. The van der Waals surface area contributed by atoms with Gasteiger partial charge in [0.1, 0.15) is 30.1 Å². The number of carbonyl (C=O) groups is 4. The van der Waals surface area contributed by atoms with Gasteiger partial charge in [-0.05, 0) is 126 Å². The Kier molecular flexibility index (Phi) is 19.9. The van der Waals surface area contributed by atoms with Crippen molar-refractivity contribution in [3.8, 4) is 5.75 Å². The van der Waals surface area contributed by atoms with E-state index in [4.69, 9.17) is 47.4 Å². The van der Waals surface area contributed by atoms with Crippen molar-refractivity contribution in [1.82, 2.24) is 19.7 Å². The maximum absolute atomic E-state index is 14.8. The number of aliphatic hydroxyl groups is 2. The number of fused-ring (bicyclic) bond motifs is 2. The first kappa shape index (κ1) is 62.1. The topological polar surface area (TPSA) is 262 Å². The van der Waals surface area contributed by atoms with E-state index in [1.165, 1.54) is 13.3 Å². The first-order valence-electron chi connectivity index (χ1n) is 28.1. The molecule has 0 bridgehead atoms. The molecule has 5 heterocycles. The molecule has 18 atom stereocenters. The summed E-state index contributed by atoms with van der Waals surface area (Å²) in [6.45, 7) is 18.9. The predicted molar refractivity (Wildman–Crippen MR) is 288 cm³/mol. The maximum Gasteiger partial charge on any atom is 0.509 e. The molecule has 0 unspecified atom stereocenters. The summed E-state index contributed by atoms with van der Waals surface area (Å²) in [5.74, 6) is -3.99. The van der Waals surface area contributed by atoms with E-state index in [0.717, 1.165) is 12.8 Å². The molecule has 2 aromatic rings. The van der Waals surface area contributed by atoms with E-state index in [1.54, 1.807) is 45.9 Å². The number of carbonyl (C=O) groups excluding carboxylic acids is 3. The number of esters is 1. The minimum atomic E-state index is -1.63. The van der Waals surface area contributed by atoms with Crippen molar-refractivity contribution < 1.29 is 81.9 Å². The number of carboxylic acid groups (broad SMARTS) is 1. The number of likely N-dealkylation sites (N-methyl/N-ethyl adjacent to an activating group) is 2. The van der Waals surface area contributed by atoms with E-state index in [2.05, 4.69) is 5.32 Å². The van der Waals surface area contributed by atoms with Gasteiger partial charge in [0, 0.05) is 56.7 Å². The van der Waals surface area contributed by atoms with E-state index in [9.17, 15) is 39.3 Å². The average molecular weight is 1120 g/mol. The molecule has 22 nitrogen and oxygen atoms in total. The van der Waals surface area contributed by atoms with Crippen molar-refractivity contribution in [3.63, 3.8) is 0 Å². The Labute approximate surface area is 463 Å². The molecule has 1 saturated carbocycles. The van der Waals surface area contributed by atoms with Crippen molar-refractivity contribution in [2.75, 3.05) is 54.6 Å². The van der Waals surface area contributed by atoms with Crippen molar-refractivity contribution in [2.24, 2.45) is 17.8 Å². The van der Waals surface area contributed by atoms with Crippen LogP contribution in [0.2, 0.25) is 0 Å². The van der Waals surface area contributed by atoms with E-state index in [0.29, 0.717) is 24.2 Å². The molecule has 1 aromatic carbocycles. The van der Waals surface area contributed by atoms with Gasteiger partial charge in [-0.15, -0.1) is 0 Å². The summed E-state index contributed by atoms with van der Waals surface area (Å²) in [4.78, 5) is 70.2. The first-order valence-corrected chi connectivity index (χ1v) is 28.1. The van der Waals surface area contributed by atoms with Crippen LogP contribution < -0.4 is 15.5 Å². The minimum Gasteiger partial charge on any atom is -0.491 e. The zero-order valence-electron chi connectivity index (χ0n) is 48.6. The van der Waals surface area contributed by atoms with Gasteiger partial charge in [-0.2, -0.15) is 0 Å². The number of nitrogens with one attached hydrogen (secondary N) is 1. The zero-order valence-corrected chi connectivity index (χ0v) is 48.6. The number of benzene rings is 1. The Morgan fingerprint density at radius 3 is 2.30 bits per heavy atom. The molecule has 1 amide bonds. The summed E-state index contributed by atoms with van der Waals surface area (Å²) in [5.41, 5.74) is -4.30. The van der Waals surface area contributed by atoms with Crippen LogP contribution in [-0.4, -0.2) is 199 Å². The van der Waals surface area contributed by atoms with Crippen LogP contribution in [0, 0.1) is 17.8 Å². The second-order valence-electron chi connectivity index (χ2n) is 23.9. The highest BCUT2D eigenvalue weighted by Gasteiger charge is 2.58. The second-order valence-corrected chi connectivity index (χ2v) is 23.9. The normalized spacial score (nSPS) is 38.0. The van der Waals surface area contributed by atoms with Crippen molar-refractivity contribution in [3.05, 3.63) is 40.2 Å². The van der Waals surface area contributed by atoms with Gasteiger partial charge in [0.05, 0.1) is 71.7 Å².